The summed E-state index contributed by atoms with van der Waals surface area (Å²) in [5.74, 6) is 0.0982. The molecule has 0 aromatic carbocycles. The van der Waals surface area contributed by atoms with Crippen molar-refractivity contribution in [2.45, 2.75) is 213 Å². The Morgan fingerprint density at radius 2 is 1.02 bits per heavy atom. The van der Waals surface area contributed by atoms with Crippen molar-refractivity contribution in [3.05, 3.63) is 36.5 Å². The second-order valence-electron chi connectivity index (χ2n) is 14.8. The van der Waals surface area contributed by atoms with Crippen molar-refractivity contribution in [1.29, 1.82) is 0 Å². The topological polar surface area (TPSA) is 93.1 Å². The van der Waals surface area contributed by atoms with Crippen LogP contribution in [0.1, 0.15) is 201 Å². The Balaban J connectivity index is 3.57. The molecule has 0 saturated carbocycles. The van der Waals surface area contributed by atoms with Gasteiger partial charge < -0.3 is 19.7 Å². The molecule has 0 spiro atoms. The van der Waals surface area contributed by atoms with Crippen molar-refractivity contribution in [2.24, 2.45) is 5.92 Å². The highest BCUT2D eigenvalue weighted by Crippen LogP contribution is 2.15. The standard InChI is InChI=1S/C44H80O6/c1-4-5-6-7-8-9-10-14-18-21-24-27-30-34-41(45)35-32-37-44(48)50-39-42(46)38-49-43(47)36-31-28-25-22-19-16-13-11-12-15-17-20-23-26-29-33-40(2)3/h14,18,24,27,30,34,40-42,45-46H,4-13,15-17,19-23,25-26,28-29,31-33,35-39H2,1-3H3/b18-14+,27-24+,34-30+/t41?,42-/m0/s1. The summed E-state index contributed by atoms with van der Waals surface area (Å²) in [6, 6.07) is 0. The Labute approximate surface area is 309 Å². The molecule has 0 aromatic heterocycles. The second kappa shape index (κ2) is 38.3. The molecule has 0 rings (SSSR count). The Hall–Kier alpha value is -1.92. The Morgan fingerprint density at radius 3 is 1.56 bits per heavy atom. The first-order valence-electron chi connectivity index (χ1n) is 21.0. The van der Waals surface area contributed by atoms with Crippen molar-refractivity contribution in [1.82, 2.24) is 0 Å². The molecule has 0 aliphatic heterocycles. The zero-order valence-corrected chi connectivity index (χ0v) is 32.9. The summed E-state index contributed by atoms with van der Waals surface area (Å²) in [6.45, 7) is 6.50. The first kappa shape index (κ1) is 48.1. The van der Waals surface area contributed by atoms with E-state index in [1.807, 2.05) is 12.2 Å². The fraction of sp³-hybridized carbons (Fsp3) is 0.818. The number of aliphatic hydroxyl groups is 2. The van der Waals surface area contributed by atoms with Crippen LogP contribution in [0.4, 0.5) is 0 Å². The van der Waals surface area contributed by atoms with Crippen LogP contribution in [0.3, 0.4) is 0 Å². The maximum Gasteiger partial charge on any atom is 0.305 e. The highest BCUT2D eigenvalue weighted by Gasteiger charge is 2.12. The number of carbonyl (C=O) groups is 2. The van der Waals surface area contributed by atoms with Crippen LogP contribution in [0, 0.1) is 5.92 Å². The lowest BCUT2D eigenvalue weighted by atomic mass is 10.0. The lowest BCUT2D eigenvalue weighted by Crippen LogP contribution is -2.25. The van der Waals surface area contributed by atoms with E-state index in [4.69, 9.17) is 9.47 Å². The van der Waals surface area contributed by atoms with Gasteiger partial charge in [-0.2, -0.15) is 0 Å². The van der Waals surface area contributed by atoms with Crippen LogP contribution in [0.15, 0.2) is 36.5 Å². The SMILES string of the molecule is CCCCCCCC/C=C/C/C=C/C=C/C(O)CCCC(=O)OC[C@@H](O)COC(=O)CCCCCCCCCCCCCCCCCC(C)C. The first-order chi connectivity index (χ1) is 24.3. The highest BCUT2D eigenvalue weighted by molar-refractivity contribution is 5.69. The predicted molar refractivity (Wildman–Crippen MR) is 211 cm³/mol. The third-order valence-corrected chi connectivity index (χ3v) is 9.16. The molecule has 0 bridgehead atoms. The van der Waals surface area contributed by atoms with Gasteiger partial charge in [0.1, 0.15) is 19.3 Å². The van der Waals surface area contributed by atoms with E-state index in [2.05, 4.69) is 39.0 Å². The molecule has 0 fully saturated rings. The summed E-state index contributed by atoms with van der Waals surface area (Å²) in [6.07, 6.45) is 42.4. The number of esters is 2. The highest BCUT2D eigenvalue weighted by atomic mass is 16.6. The zero-order valence-electron chi connectivity index (χ0n) is 32.9. The molecule has 0 saturated heterocycles. The molecule has 0 aromatic rings. The number of rotatable bonds is 37. The summed E-state index contributed by atoms with van der Waals surface area (Å²) in [5.41, 5.74) is 0. The second-order valence-corrected chi connectivity index (χ2v) is 14.8. The smallest absolute Gasteiger partial charge is 0.305 e. The Kier molecular flexibility index (Phi) is 36.8. The van der Waals surface area contributed by atoms with E-state index in [9.17, 15) is 19.8 Å². The summed E-state index contributed by atoms with van der Waals surface area (Å²) in [4.78, 5) is 24.0. The summed E-state index contributed by atoms with van der Waals surface area (Å²) in [7, 11) is 0. The van der Waals surface area contributed by atoms with Gasteiger partial charge in [0.25, 0.3) is 0 Å². The van der Waals surface area contributed by atoms with Crippen molar-refractivity contribution >= 4 is 11.9 Å². The van der Waals surface area contributed by atoms with Gasteiger partial charge in [0, 0.05) is 12.8 Å². The molecular formula is C44H80O6. The minimum atomic E-state index is -1.03. The number of carbonyl (C=O) groups excluding carboxylic acids is 2. The first-order valence-corrected chi connectivity index (χ1v) is 21.0. The van der Waals surface area contributed by atoms with Crippen molar-refractivity contribution in [2.75, 3.05) is 13.2 Å². The van der Waals surface area contributed by atoms with Crippen LogP contribution in [0.25, 0.3) is 0 Å². The minimum Gasteiger partial charge on any atom is -0.463 e. The number of hydrogen-bond acceptors (Lipinski definition) is 6. The van der Waals surface area contributed by atoms with Gasteiger partial charge in [-0.05, 0) is 44.4 Å². The average molecular weight is 705 g/mol. The number of allylic oxidation sites excluding steroid dienone is 5. The molecule has 50 heavy (non-hydrogen) atoms. The summed E-state index contributed by atoms with van der Waals surface area (Å²) < 4.78 is 10.3. The van der Waals surface area contributed by atoms with Gasteiger partial charge >= 0.3 is 11.9 Å². The predicted octanol–water partition coefficient (Wildman–Crippen LogP) is 12.1. The van der Waals surface area contributed by atoms with Crippen LogP contribution in [-0.2, 0) is 19.1 Å². The van der Waals surface area contributed by atoms with E-state index >= 15 is 0 Å². The third-order valence-electron chi connectivity index (χ3n) is 9.16. The Morgan fingerprint density at radius 1 is 0.540 bits per heavy atom. The molecule has 0 radical (unpaired) electrons. The largest absolute Gasteiger partial charge is 0.463 e. The van der Waals surface area contributed by atoms with Crippen LogP contribution >= 0.6 is 0 Å². The summed E-state index contributed by atoms with van der Waals surface area (Å²) >= 11 is 0. The van der Waals surface area contributed by atoms with Crippen molar-refractivity contribution in [3.63, 3.8) is 0 Å². The number of aliphatic hydroxyl groups excluding tert-OH is 2. The normalized spacial score (nSPS) is 13.2. The van der Waals surface area contributed by atoms with Crippen LogP contribution in [-0.4, -0.2) is 47.6 Å². The van der Waals surface area contributed by atoms with Crippen molar-refractivity contribution < 1.29 is 29.3 Å². The van der Waals surface area contributed by atoms with Gasteiger partial charge in [0.15, 0.2) is 0 Å². The maximum absolute atomic E-state index is 12.0. The lowest BCUT2D eigenvalue weighted by Gasteiger charge is -2.12. The van der Waals surface area contributed by atoms with E-state index in [0.717, 1.165) is 38.0 Å². The summed E-state index contributed by atoms with van der Waals surface area (Å²) in [5, 5.41) is 20.1. The molecule has 2 N–H and O–H groups in total. The number of unbranched alkanes of at least 4 members (excludes halogenated alkanes) is 20. The number of ether oxygens (including phenoxy) is 2. The minimum absolute atomic E-state index is 0.162. The fourth-order valence-electron chi connectivity index (χ4n) is 5.93. The molecule has 0 amide bonds. The average Bonchev–Trinajstić information content (AvgIpc) is 3.09. The van der Waals surface area contributed by atoms with Gasteiger partial charge in [0.05, 0.1) is 6.10 Å². The third kappa shape index (κ3) is 38.9. The quantitative estimate of drug-likeness (QED) is 0.0289. The molecule has 6 heteroatoms. The molecule has 292 valence electrons. The van der Waals surface area contributed by atoms with Crippen LogP contribution in [0.2, 0.25) is 0 Å². The maximum atomic E-state index is 12.0. The molecule has 0 heterocycles. The monoisotopic (exact) mass is 705 g/mol. The van der Waals surface area contributed by atoms with Gasteiger partial charge in [-0.15, -0.1) is 0 Å². The molecule has 1 unspecified atom stereocenters. The zero-order chi connectivity index (χ0) is 36.8. The van der Waals surface area contributed by atoms with Crippen molar-refractivity contribution in [3.8, 4) is 0 Å². The molecule has 0 aliphatic rings. The van der Waals surface area contributed by atoms with E-state index in [-0.39, 0.29) is 25.6 Å². The van der Waals surface area contributed by atoms with E-state index in [0.29, 0.717) is 19.3 Å². The van der Waals surface area contributed by atoms with Gasteiger partial charge in [-0.3, -0.25) is 9.59 Å². The van der Waals surface area contributed by atoms with Gasteiger partial charge in [-0.25, -0.2) is 0 Å². The Bertz CT molecular complexity index is 832. The van der Waals surface area contributed by atoms with Gasteiger partial charge in [-0.1, -0.05) is 186 Å². The van der Waals surface area contributed by atoms with Gasteiger partial charge in [0.2, 0.25) is 0 Å². The van der Waals surface area contributed by atoms with E-state index in [1.54, 1.807) is 6.08 Å². The van der Waals surface area contributed by atoms with E-state index in [1.165, 1.54) is 122 Å². The van der Waals surface area contributed by atoms with Crippen LogP contribution in [0.5, 0.6) is 0 Å². The van der Waals surface area contributed by atoms with E-state index < -0.39 is 18.2 Å². The lowest BCUT2D eigenvalue weighted by molar-refractivity contribution is -0.152. The fourth-order valence-corrected chi connectivity index (χ4v) is 5.93. The number of hydrogen-bond donors (Lipinski definition) is 2. The molecular weight excluding hydrogens is 624 g/mol. The molecule has 2 atom stereocenters. The molecule has 6 nitrogen and oxygen atoms in total. The molecule has 0 aliphatic carbocycles. The van der Waals surface area contributed by atoms with Crippen LogP contribution < -0.4 is 0 Å².